The Bertz CT molecular complexity index is 1100. The van der Waals surface area contributed by atoms with Crippen molar-refractivity contribution in [1.82, 2.24) is 20.1 Å². The van der Waals surface area contributed by atoms with Gasteiger partial charge in [0.25, 0.3) is 0 Å². The van der Waals surface area contributed by atoms with E-state index >= 15 is 0 Å². The number of hydrogen-bond acceptors (Lipinski definition) is 6. The molecule has 0 bridgehead atoms. The van der Waals surface area contributed by atoms with Gasteiger partial charge in [0, 0.05) is 31.9 Å². The summed E-state index contributed by atoms with van der Waals surface area (Å²) in [5.74, 6) is 0.865. The summed E-state index contributed by atoms with van der Waals surface area (Å²) in [6.45, 7) is 5.44. The Kier molecular flexibility index (Phi) is 7.24. The minimum Gasteiger partial charge on any atom is -0.511 e. The van der Waals surface area contributed by atoms with Crippen LogP contribution in [0.2, 0.25) is 0 Å². The molecular weight excluding hydrogens is 418 g/mol. The molecule has 3 heterocycles. The Morgan fingerprint density at radius 3 is 2.91 bits per heavy atom. The molecule has 0 spiro atoms. The second-order valence-electron chi connectivity index (χ2n) is 8.20. The van der Waals surface area contributed by atoms with Crippen molar-refractivity contribution in [2.45, 2.75) is 44.9 Å². The fourth-order valence-corrected chi connectivity index (χ4v) is 3.80. The molecule has 3 aromatic rings. The lowest BCUT2D eigenvalue weighted by Crippen LogP contribution is -2.38. The van der Waals surface area contributed by atoms with Crippen LogP contribution in [0.1, 0.15) is 28.7 Å². The Balaban J connectivity index is 1.28. The number of aliphatic hydroxyl groups is 1. The SMILES string of the molecule is C=C(O)C(Cc1cnn(CCc2cnc3c(c2)CCCN3)c1)NC(=O)OCc1ccccc1. The minimum absolute atomic E-state index is 0.131. The third-order valence-electron chi connectivity index (χ3n) is 5.60. The van der Waals surface area contributed by atoms with Gasteiger partial charge in [-0.2, -0.15) is 5.10 Å². The number of aryl methyl sites for hydroxylation is 3. The van der Waals surface area contributed by atoms with Crippen molar-refractivity contribution in [3.63, 3.8) is 0 Å². The molecule has 0 saturated carbocycles. The first-order chi connectivity index (χ1) is 16.1. The lowest BCUT2D eigenvalue weighted by Gasteiger charge is -2.17. The average Bonchev–Trinajstić information content (AvgIpc) is 3.29. The van der Waals surface area contributed by atoms with Gasteiger partial charge in [0.1, 0.15) is 18.2 Å². The summed E-state index contributed by atoms with van der Waals surface area (Å²) >= 11 is 0. The summed E-state index contributed by atoms with van der Waals surface area (Å²) in [6, 6.07) is 11.0. The minimum atomic E-state index is -0.664. The average molecular weight is 448 g/mol. The maximum absolute atomic E-state index is 12.2. The third kappa shape index (κ3) is 6.35. The molecule has 1 atom stereocenters. The monoisotopic (exact) mass is 447 g/mol. The van der Waals surface area contributed by atoms with E-state index in [1.807, 2.05) is 47.4 Å². The van der Waals surface area contributed by atoms with E-state index in [9.17, 15) is 9.90 Å². The molecule has 1 unspecified atom stereocenters. The van der Waals surface area contributed by atoms with Crippen molar-refractivity contribution in [3.05, 3.63) is 89.6 Å². The molecule has 8 nitrogen and oxygen atoms in total. The number of aliphatic hydroxyl groups excluding tert-OH is 1. The second kappa shape index (κ2) is 10.7. The number of pyridine rings is 1. The van der Waals surface area contributed by atoms with Gasteiger partial charge in [0.2, 0.25) is 0 Å². The number of nitrogens with one attached hydrogen (secondary N) is 2. The van der Waals surface area contributed by atoms with E-state index in [2.05, 4.69) is 33.4 Å². The number of hydrogen-bond donors (Lipinski definition) is 3. The fourth-order valence-electron chi connectivity index (χ4n) is 3.80. The number of fused-ring (bicyclic) bond motifs is 1. The van der Waals surface area contributed by atoms with Crippen LogP contribution in [-0.4, -0.2) is 38.6 Å². The van der Waals surface area contributed by atoms with Crippen LogP contribution in [-0.2, 0) is 37.2 Å². The van der Waals surface area contributed by atoms with Gasteiger partial charge in [-0.3, -0.25) is 4.68 Å². The van der Waals surface area contributed by atoms with Gasteiger partial charge in [-0.25, -0.2) is 9.78 Å². The van der Waals surface area contributed by atoms with Gasteiger partial charge in [-0.05, 0) is 41.5 Å². The van der Waals surface area contributed by atoms with Crippen LogP contribution in [0, 0.1) is 0 Å². The molecule has 33 heavy (non-hydrogen) atoms. The predicted molar refractivity (Wildman–Crippen MR) is 126 cm³/mol. The Labute approximate surface area is 193 Å². The van der Waals surface area contributed by atoms with Crippen LogP contribution in [0.4, 0.5) is 10.6 Å². The number of nitrogens with zero attached hydrogens (tertiary/aromatic N) is 3. The second-order valence-corrected chi connectivity index (χ2v) is 8.20. The largest absolute Gasteiger partial charge is 0.511 e. The number of aromatic nitrogens is 3. The Morgan fingerprint density at radius 2 is 2.09 bits per heavy atom. The topological polar surface area (TPSA) is 101 Å². The molecule has 4 rings (SSSR count). The van der Waals surface area contributed by atoms with E-state index in [1.165, 1.54) is 11.1 Å². The molecule has 3 N–H and O–H groups in total. The number of anilines is 1. The quantitative estimate of drug-likeness (QED) is 0.432. The number of benzene rings is 1. The highest BCUT2D eigenvalue weighted by Crippen LogP contribution is 2.20. The zero-order chi connectivity index (χ0) is 23.0. The van der Waals surface area contributed by atoms with E-state index in [0.29, 0.717) is 13.0 Å². The lowest BCUT2D eigenvalue weighted by molar-refractivity contribution is 0.134. The predicted octanol–water partition coefficient (Wildman–Crippen LogP) is 3.79. The van der Waals surface area contributed by atoms with E-state index in [0.717, 1.165) is 42.8 Å². The van der Waals surface area contributed by atoms with E-state index < -0.39 is 12.1 Å². The summed E-state index contributed by atoms with van der Waals surface area (Å²) in [4.78, 5) is 16.7. The van der Waals surface area contributed by atoms with Crippen LogP contribution >= 0.6 is 0 Å². The van der Waals surface area contributed by atoms with Crippen molar-refractivity contribution in [3.8, 4) is 0 Å². The summed E-state index contributed by atoms with van der Waals surface area (Å²) in [7, 11) is 0. The van der Waals surface area contributed by atoms with Crippen LogP contribution in [0.15, 0.2) is 67.3 Å². The van der Waals surface area contributed by atoms with Crippen LogP contribution in [0.5, 0.6) is 0 Å². The smallest absolute Gasteiger partial charge is 0.408 e. The van der Waals surface area contributed by atoms with Crippen LogP contribution < -0.4 is 10.6 Å². The molecule has 172 valence electrons. The molecule has 2 aromatic heterocycles. The van der Waals surface area contributed by atoms with E-state index in [-0.39, 0.29) is 12.4 Å². The van der Waals surface area contributed by atoms with Gasteiger partial charge in [0.05, 0.1) is 12.2 Å². The molecule has 1 aromatic carbocycles. The Morgan fingerprint density at radius 1 is 1.24 bits per heavy atom. The third-order valence-corrected chi connectivity index (χ3v) is 5.60. The molecule has 8 heteroatoms. The van der Waals surface area contributed by atoms with Gasteiger partial charge < -0.3 is 20.5 Å². The fraction of sp³-hybridized carbons (Fsp3) is 0.320. The highest BCUT2D eigenvalue weighted by molar-refractivity contribution is 5.68. The van der Waals surface area contributed by atoms with Crippen molar-refractivity contribution >= 4 is 11.9 Å². The summed E-state index contributed by atoms with van der Waals surface area (Å²) in [5.41, 5.74) is 4.22. The normalized spacial score (nSPS) is 13.5. The van der Waals surface area contributed by atoms with E-state index in [4.69, 9.17) is 4.74 Å². The first kappa shape index (κ1) is 22.4. The molecule has 0 aliphatic carbocycles. The van der Waals surface area contributed by atoms with Gasteiger partial charge >= 0.3 is 6.09 Å². The number of carbonyl (C=O) groups is 1. The first-order valence-electron chi connectivity index (χ1n) is 11.1. The van der Waals surface area contributed by atoms with Crippen molar-refractivity contribution < 1.29 is 14.6 Å². The molecule has 1 amide bonds. The van der Waals surface area contributed by atoms with Gasteiger partial charge in [-0.1, -0.05) is 43.0 Å². The maximum atomic E-state index is 12.2. The molecule has 0 radical (unpaired) electrons. The number of rotatable bonds is 9. The Hall–Kier alpha value is -3.81. The van der Waals surface area contributed by atoms with E-state index in [1.54, 1.807) is 6.20 Å². The zero-order valence-electron chi connectivity index (χ0n) is 18.5. The van der Waals surface area contributed by atoms with Crippen LogP contribution in [0.25, 0.3) is 0 Å². The standard InChI is InChI=1S/C25H29N5O3/c1-18(31)23(29-25(32)33-17-19-6-3-2-4-7-19)13-21-15-28-30(16-21)11-9-20-12-22-8-5-10-26-24(22)27-14-20/h2-4,6-7,12,14-16,23,31H,1,5,8-11,13,17H2,(H,26,27)(H,29,32). The molecular formula is C25H29N5O3. The van der Waals surface area contributed by atoms with Crippen molar-refractivity contribution in [2.75, 3.05) is 11.9 Å². The molecule has 1 aliphatic rings. The summed E-state index contributed by atoms with van der Waals surface area (Å²) in [5, 5.41) is 20.4. The molecule has 1 aliphatic heterocycles. The van der Waals surface area contributed by atoms with Crippen LogP contribution in [0.3, 0.4) is 0 Å². The number of amides is 1. The highest BCUT2D eigenvalue weighted by atomic mass is 16.5. The maximum Gasteiger partial charge on any atom is 0.408 e. The van der Waals surface area contributed by atoms with Crippen molar-refractivity contribution in [2.24, 2.45) is 0 Å². The highest BCUT2D eigenvalue weighted by Gasteiger charge is 2.18. The number of ether oxygens (including phenoxy) is 1. The molecule has 0 saturated heterocycles. The van der Waals surface area contributed by atoms with Gasteiger partial charge in [-0.15, -0.1) is 0 Å². The summed E-state index contributed by atoms with van der Waals surface area (Å²) in [6.07, 6.45) is 8.33. The van der Waals surface area contributed by atoms with Gasteiger partial charge in [0.15, 0.2) is 0 Å². The first-order valence-corrected chi connectivity index (χ1v) is 11.1. The summed E-state index contributed by atoms with van der Waals surface area (Å²) < 4.78 is 7.10. The number of carbonyl (C=O) groups excluding carboxylic acids is 1. The zero-order valence-corrected chi connectivity index (χ0v) is 18.5. The van der Waals surface area contributed by atoms with Crippen molar-refractivity contribution in [1.29, 1.82) is 0 Å². The lowest BCUT2D eigenvalue weighted by atomic mass is 10.0. The molecule has 0 fully saturated rings. The number of alkyl carbamates (subject to hydrolysis) is 1.